The molecule has 0 aliphatic carbocycles. The smallest absolute Gasteiger partial charge is 0.330 e. The van der Waals surface area contributed by atoms with Gasteiger partial charge in [-0.2, -0.15) is 5.10 Å². The molecule has 0 aliphatic heterocycles. The lowest BCUT2D eigenvalue weighted by Gasteiger charge is -2.11. The van der Waals surface area contributed by atoms with Gasteiger partial charge in [-0.3, -0.25) is 4.68 Å². The van der Waals surface area contributed by atoms with Crippen molar-refractivity contribution >= 4 is 5.97 Å². The van der Waals surface area contributed by atoms with Crippen molar-refractivity contribution in [3.63, 3.8) is 0 Å². The van der Waals surface area contributed by atoms with Crippen LogP contribution in [0.1, 0.15) is 18.5 Å². The van der Waals surface area contributed by atoms with Crippen LogP contribution in [0.15, 0.2) is 48.8 Å². The fraction of sp³-hybridized carbons (Fsp3) is 0.231. The van der Waals surface area contributed by atoms with Crippen LogP contribution in [0.2, 0.25) is 0 Å². The van der Waals surface area contributed by atoms with Gasteiger partial charge >= 0.3 is 5.97 Å². The highest BCUT2D eigenvalue weighted by molar-refractivity contribution is 5.73. The van der Waals surface area contributed by atoms with Gasteiger partial charge in [-0.1, -0.05) is 30.3 Å². The molecule has 0 N–H and O–H groups in total. The van der Waals surface area contributed by atoms with Crippen LogP contribution in [0.3, 0.4) is 0 Å². The predicted molar refractivity (Wildman–Crippen MR) is 63.2 cm³/mol. The Kier molecular flexibility index (Phi) is 3.55. The van der Waals surface area contributed by atoms with E-state index in [1.54, 1.807) is 30.1 Å². The minimum atomic E-state index is -0.395. The van der Waals surface area contributed by atoms with Crippen molar-refractivity contribution in [1.82, 2.24) is 9.78 Å². The molecule has 4 heteroatoms. The summed E-state index contributed by atoms with van der Waals surface area (Å²) in [5, 5.41) is 4.01. The van der Waals surface area contributed by atoms with E-state index in [9.17, 15) is 4.79 Å². The molecule has 0 saturated carbocycles. The van der Waals surface area contributed by atoms with E-state index in [2.05, 4.69) is 5.10 Å². The summed E-state index contributed by atoms with van der Waals surface area (Å²) >= 11 is 0. The molecule has 1 atom stereocenters. The summed E-state index contributed by atoms with van der Waals surface area (Å²) in [4.78, 5) is 11.7. The quantitative estimate of drug-likeness (QED) is 0.756. The molecule has 0 saturated heterocycles. The van der Waals surface area contributed by atoms with Crippen LogP contribution in [0.4, 0.5) is 0 Å². The Labute approximate surface area is 99.8 Å². The van der Waals surface area contributed by atoms with Gasteiger partial charge in [-0.25, -0.2) is 4.79 Å². The highest BCUT2D eigenvalue weighted by Gasteiger charge is 2.16. The molecule has 88 valence electrons. The summed E-state index contributed by atoms with van der Waals surface area (Å²) in [6, 6.07) is 11.0. The van der Waals surface area contributed by atoms with E-state index in [0.717, 1.165) is 5.56 Å². The summed E-state index contributed by atoms with van der Waals surface area (Å²) in [5.41, 5.74) is 0.980. The molecule has 4 nitrogen and oxygen atoms in total. The van der Waals surface area contributed by atoms with Crippen LogP contribution in [-0.4, -0.2) is 15.7 Å². The molecular formula is C13H14N2O2. The van der Waals surface area contributed by atoms with Crippen LogP contribution in [0, 0.1) is 0 Å². The zero-order valence-corrected chi connectivity index (χ0v) is 9.61. The van der Waals surface area contributed by atoms with E-state index in [-0.39, 0.29) is 5.97 Å². The van der Waals surface area contributed by atoms with Crippen molar-refractivity contribution in [2.24, 2.45) is 0 Å². The molecule has 2 aromatic rings. The fourth-order valence-corrected chi connectivity index (χ4v) is 1.47. The molecular weight excluding hydrogens is 216 g/mol. The molecule has 1 aromatic heterocycles. The molecule has 1 unspecified atom stereocenters. The predicted octanol–water partition coefficient (Wildman–Crippen LogP) is 2.19. The van der Waals surface area contributed by atoms with Crippen LogP contribution in [0.25, 0.3) is 0 Å². The van der Waals surface area contributed by atoms with Gasteiger partial charge in [0.25, 0.3) is 0 Å². The first-order valence-corrected chi connectivity index (χ1v) is 5.47. The SMILES string of the molecule is CC(C(=O)OCc1ccccc1)n1cccn1. The van der Waals surface area contributed by atoms with Gasteiger partial charge in [-0.05, 0) is 18.6 Å². The molecule has 17 heavy (non-hydrogen) atoms. The standard InChI is InChI=1S/C13H14N2O2/c1-11(15-9-5-8-14-15)13(16)17-10-12-6-3-2-4-7-12/h2-9,11H,10H2,1H3. The van der Waals surface area contributed by atoms with E-state index < -0.39 is 6.04 Å². The maximum atomic E-state index is 11.7. The van der Waals surface area contributed by atoms with Crippen LogP contribution >= 0.6 is 0 Å². The van der Waals surface area contributed by atoms with Crippen molar-refractivity contribution < 1.29 is 9.53 Å². The summed E-state index contributed by atoms with van der Waals surface area (Å²) < 4.78 is 6.79. The third kappa shape index (κ3) is 2.93. The molecule has 1 aromatic carbocycles. The first-order chi connectivity index (χ1) is 8.27. The Bertz CT molecular complexity index is 465. The molecule has 1 heterocycles. The highest BCUT2D eigenvalue weighted by atomic mass is 16.5. The van der Waals surface area contributed by atoms with Gasteiger partial charge in [0.2, 0.25) is 0 Å². The number of carbonyl (C=O) groups excluding carboxylic acids is 1. The normalized spacial score (nSPS) is 12.1. The van der Waals surface area contributed by atoms with E-state index >= 15 is 0 Å². The minimum Gasteiger partial charge on any atom is -0.459 e. The number of esters is 1. The van der Waals surface area contributed by atoms with E-state index in [4.69, 9.17) is 4.74 Å². The van der Waals surface area contributed by atoms with Gasteiger partial charge in [0.1, 0.15) is 12.6 Å². The summed E-state index contributed by atoms with van der Waals surface area (Å²) in [6.45, 7) is 2.06. The van der Waals surface area contributed by atoms with Gasteiger partial charge in [-0.15, -0.1) is 0 Å². The average molecular weight is 230 g/mol. The summed E-state index contributed by atoms with van der Waals surface area (Å²) in [5.74, 6) is -0.280. The fourth-order valence-electron chi connectivity index (χ4n) is 1.47. The zero-order chi connectivity index (χ0) is 12.1. The van der Waals surface area contributed by atoms with E-state index in [1.807, 2.05) is 30.3 Å². The molecule has 0 bridgehead atoms. The minimum absolute atomic E-state index is 0.280. The molecule has 0 spiro atoms. The number of nitrogens with zero attached hydrogens (tertiary/aromatic N) is 2. The second-order valence-electron chi connectivity index (χ2n) is 3.76. The van der Waals surface area contributed by atoms with Crippen LogP contribution < -0.4 is 0 Å². The summed E-state index contributed by atoms with van der Waals surface area (Å²) in [7, 11) is 0. The zero-order valence-electron chi connectivity index (χ0n) is 9.61. The lowest BCUT2D eigenvalue weighted by Crippen LogP contribution is -2.19. The third-order valence-corrected chi connectivity index (χ3v) is 2.49. The Hall–Kier alpha value is -2.10. The molecule has 0 fully saturated rings. The summed E-state index contributed by atoms with van der Waals surface area (Å²) in [6.07, 6.45) is 3.38. The van der Waals surface area contributed by atoms with Crippen molar-refractivity contribution in [3.8, 4) is 0 Å². The van der Waals surface area contributed by atoms with Gasteiger partial charge in [0, 0.05) is 12.4 Å². The second kappa shape index (κ2) is 5.30. The Morgan fingerprint density at radius 2 is 2.12 bits per heavy atom. The monoisotopic (exact) mass is 230 g/mol. The Morgan fingerprint density at radius 3 is 2.76 bits per heavy atom. The van der Waals surface area contributed by atoms with Gasteiger partial charge < -0.3 is 4.74 Å². The second-order valence-corrected chi connectivity index (χ2v) is 3.76. The lowest BCUT2D eigenvalue weighted by molar-refractivity contribution is -0.148. The van der Waals surface area contributed by atoms with Gasteiger partial charge in [0.15, 0.2) is 0 Å². The molecule has 2 rings (SSSR count). The number of carbonyl (C=O) groups is 1. The first kappa shape index (κ1) is 11.4. The Balaban J connectivity index is 1.90. The molecule has 0 amide bonds. The van der Waals surface area contributed by atoms with Crippen molar-refractivity contribution in [2.45, 2.75) is 19.6 Å². The number of ether oxygens (including phenoxy) is 1. The van der Waals surface area contributed by atoms with E-state index in [0.29, 0.717) is 6.61 Å². The van der Waals surface area contributed by atoms with Crippen LogP contribution in [-0.2, 0) is 16.1 Å². The highest BCUT2D eigenvalue weighted by Crippen LogP contribution is 2.08. The largest absolute Gasteiger partial charge is 0.459 e. The maximum absolute atomic E-state index is 11.7. The number of rotatable bonds is 4. The average Bonchev–Trinajstić information content (AvgIpc) is 2.90. The number of benzene rings is 1. The third-order valence-electron chi connectivity index (χ3n) is 2.49. The maximum Gasteiger partial charge on any atom is 0.330 e. The first-order valence-electron chi connectivity index (χ1n) is 5.47. The van der Waals surface area contributed by atoms with Crippen molar-refractivity contribution in [3.05, 3.63) is 54.4 Å². The number of hydrogen-bond donors (Lipinski definition) is 0. The number of aromatic nitrogens is 2. The van der Waals surface area contributed by atoms with E-state index in [1.165, 1.54) is 0 Å². The molecule has 0 radical (unpaired) electrons. The Morgan fingerprint density at radius 1 is 1.35 bits per heavy atom. The van der Waals surface area contributed by atoms with Gasteiger partial charge in [0.05, 0.1) is 0 Å². The van der Waals surface area contributed by atoms with Crippen molar-refractivity contribution in [2.75, 3.05) is 0 Å². The number of hydrogen-bond acceptors (Lipinski definition) is 3. The molecule has 0 aliphatic rings. The van der Waals surface area contributed by atoms with Crippen LogP contribution in [0.5, 0.6) is 0 Å². The lowest BCUT2D eigenvalue weighted by atomic mass is 10.2. The van der Waals surface area contributed by atoms with Crippen molar-refractivity contribution in [1.29, 1.82) is 0 Å². The topological polar surface area (TPSA) is 44.1 Å².